The Hall–Kier alpha value is -2.97. The number of hydrogen-bond acceptors (Lipinski definition) is 6. The third kappa shape index (κ3) is 5.36. The van der Waals surface area contributed by atoms with Crippen molar-refractivity contribution in [2.24, 2.45) is 17.8 Å². The number of imide groups is 1. The highest BCUT2D eigenvalue weighted by molar-refractivity contribution is 6.32. The number of amides is 2. The molecule has 0 radical (unpaired) electrons. The number of phenolic OH excluding ortho intramolecular Hbond substituents is 1. The standard InChI is InChI=1S/C29H32ClNO6/c1-2-17(12-18-9-10-21(34)14-24(18)30)8-11-25(35)26-19(15-32)13-22-27(23(26)16-33)29(37)31(28(22)36)20-6-4-3-5-7-20/h3-7,9-10,12,14,22-23,25,27,32-35H,2,8,11,13,15-16H2,1H3/b17-12+/t22-,23+,25-,27-/m1/s1. The molecule has 1 fully saturated rings. The Labute approximate surface area is 221 Å². The molecule has 0 bridgehead atoms. The minimum absolute atomic E-state index is 0.0792. The topological polar surface area (TPSA) is 118 Å². The zero-order valence-electron chi connectivity index (χ0n) is 20.7. The lowest BCUT2D eigenvalue weighted by Gasteiger charge is -2.36. The molecule has 2 aromatic rings. The van der Waals surface area contributed by atoms with Crippen LogP contribution in [0.15, 0.2) is 65.3 Å². The van der Waals surface area contributed by atoms with Crippen LogP contribution in [-0.2, 0) is 9.59 Å². The van der Waals surface area contributed by atoms with Gasteiger partial charge in [0.2, 0.25) is 11.8 Å². The summed E-state index contributed by atoms with van der Waals surface area (Å²) in [6.45, 7) is 1.21. The maximum atomic E-state index is 13.4. The molecule has 37 heavy (non-hydrogen) atoms. The number of anilines is 1. The van der Waals surface area contributed by atoms with E-state index in [1.165, 1.54) is 11.0 Å². The third-order valence-electron chi connectivity index (χ3n) is 7.48. The second kappa shape index (κ2) is 11.6. The molecule has 8 heteroatoms. The first-order valence-electron chi connectivity index (χ1n) is 12.5. The van der Waals surface area contributed by atoms with Gasteiger partial charge < -0.3 is 20.4 Å². The number of carbonyl (C=O) groups is 2. The van der Waals surface area contributed by atoms with Gasteiger partial charge in [-0.2, -0.15) is 0 Å². The van der Waals surface area contributed by atoms with Gasteiger partial charge in [-0.15, -0.1) is 0 Å². The van der Waals surface area contributed by atoms with E-state index in [4.69, 9.17) is 11.6 Å². The number of aliphatic hydroxyl groups is 3. The first-order chi connectivity index (χ1) is 17.8. The van der Waals surface area contributed by atoms with Gasteiger partial charge >= 0.3 is 0 Å². The number of aliphatic hydroxyl groups excluding tert-OH is 3. The van der Waals surface area contributed by atoms with Crippen LogP contribution in [-0.4, -0.2) is 51.6 Å². The van der Waals surface area contributed by atoms with Crippen LogP contribution in [0.25, 0.3) is 6.08 Å². The van der Waals surface area contributed by atoms with E-state index in [0.717, 1.165) is 11.1 Å². The third-order valence-corrected chi connectivity index (χ3v) is 7.81. The molecule has 4 rings (SSSR count). The number of aromatic hydroxyl groups is 1. The predicted molar refractivity (Wildman–Crippen MR) is 142 cm³/mol. The van der Waals surface area contributed by atoms with E-state index in [-0.39, 0.29) is 24.7 Å². The van der Waals surface area contributed by atoms with Gasteiger partial charge in [0.05, 0.1) is 41.9 Å². The average molecular weight is 526 g/mol. The van der Waals surface area contributed by atoms with Crippen LogP contribution in [0, 0.1) is 17.8 Å². The molecule has 2 aliphatic rings. The fraction of sp³-hybridized carbons (Fsp3) is 0.379. The molecule has 1 heterocycles. The quantitative estimate of drug-likeness (QED) is 0.289. The first-order valence-corrected chi connectivity index (χ1v) is 12.9. The summed E-state index contributed by atoms with van der Waals surface area (Å²) >= 11 is 6.24. The molecule has 0 saturated carbocycles. The number of para-hydroxylation sites is 1. The minimum atomic E-state index is -1.00. The van der Waals surface area contributed by atoms with E-state index in [1.54, 1.807) is 42.5 Å². The number of phenols is 1. The second-order valence-corrected chi connectivity index (χ2v) is 10.0. The van der Waals surface area contributed by atoms with Crippen molar-refractivity contribution in [3.05, 3.63) is 75.8 Å². The van der Waals surface area contributed by atoms with Crippen LogP contribution in [0.5, 0.6) is 5.75 Å². The van der Waals surface area contributed by atoms with Gasteiger partial charge in [0, 0.05) is 5.92 Å². The van der Waals surface area contributed by atoms with E-state index in [0.29, 0.717) is 41.1 Å². The summed E-state index contributed by atoms with van der Waals surface area (Å²) in [7, 11) is 0. The van der Waals surface area contributed by atoms with Crippen LogP contribution in [0.1, 0.15) is 38.2 Å². The van der Waals surface area contributed by atoms with Gasteiger partial charge in [0.1, 0.15) is 5.75 Å². The summed E-state index contributed by atoms with van der Waals surface area (Å²) in [6, 6.07) is 13.4. The van der Waals surface area contributed by atoms with Gasteiger partial charge in [-0.3, -0.25) is 14.5 Å². The smallest absolute Gasteiger partial charge is 0.238 e. The Bertz CT molecular complexity index is 1220. The lowest BCUT2D eigenvalue weighted by atomic mass is 9.68. The molecule has 4 N–H and O–H groups in total. The summed E-state index contributed by atoms with van der Waals surface area (Å²) < 4.78 is 0. The summed E-state index contributed by atoms with van der Waals surface area (Å²) in [5, 5.41) is 41.8. The fourth-order valence-corrected chi connectivity index (χ4v) is 5.85. The summed E-state index contributed by atoms with van der Waals surface area (Å²) in [6.07, 6.45) is 2.63. The lowest BCUT2D eigenvalue weighted by Crippen LogP contribution is -2.39. The van der Waals surface area contributed by atoms with Crippen molar-refractivity contribution >= 4 is 35.2 Å². The number of rotatable bonds is 9. The van der Waals surface area contributed by atoms with Crippen LogP contribution < -0.4 is 4.90 Å². The molecule has 1 saturated heterocycles. The van der Waals surface area contributed by atoms with E-state index >= 15 is 0 Å². The monoisotopic (exact) mass is 525 g/mol. The summed E-state index contributed by atoms with van der Waals surface area (Å²) in [4.78, 5) is 27.9. The van der Waals surface area contributed by atoms with Gasteiger partial charge in [-0.25, -0.2) is 0 Å². The van der Waals surface area contributed by atoms with Crippen LogP contribution in [0.3, 0.4) is 0 Å². The zero-order chi connectivity index (χ0) is 26.7. The normalized spacial score (nSPS) is 23.0. The molecule has 196 valence electrons. The van der Waals surface area contributed by atoms with Crippen molar-refractivity contribution in [2.75, 3.05) is 18.1 Å². The molecular formula is C29H32ClNO6. The molecule has 0 spiro atoms. The second-order valence-electron chi connectivity index (χ2n) is 9.61. The van der Waals surface area contributed by atoms with Crippen molar-refractivity contribution in [3.63, 3.8) is 0 Å². The van der Waals surface area contributed by atoms with E-state index < -0.39 is 36.4 Å². The van der Waals surface area contributed by atoms with Crippen LogP contribution in [0.2, 0.25) is 5.02 Å². The maximum Gasteiger partial charge on any atom is 0.238 e. The molecule has 0 aromatic heterocycles. The Morgan fingerprint density at radius 2 is 1.86 bits per heavy atom. The number of allylic oxidation sites excluding steroid dienone is 1. The van der Waals surface area contributed by atoms with Crippen molar-refractivity contribution < 1.29 is 30.0 Å². The van der Waals surface area contributed by atoms with E-state index in [1.807, 2.05) is 13.0 Å². The molecule has 0 unspecified atom stereocenters. The van der Waals surface area contributed by atoms with Gasteiger partial charge in [-0.05, 0) is 72.7 Å². The van der Waals surface area contributed by atoms with Gasteiger partial charge in [0.15, 0.2) is 0 Å². The maximum absolute atomic E-state index is 13.4. The number of halogens is 1. The largest absolute Gasteiger partial charge is 0.508 e. The average Bonchev–Trinajstić information content (AvgIpc) is 3.15. The highest BCUT2D eigenvalue weighted by Gasteiger charge is 2.55. The van der Waals surface area contributed by atoms with Crippen LogP contribution >= 0.6 is 11.6 Å². The number of nitrogens with zero attached hydrogens (tertiary/aromatic N) is 1. The highest BCUT2D eigenvalue weighted by Crippen LogP contribution is 2.47. The highest BCUT2D eigenvalue weighted by atomic mass is 35.5. The molecule has 7 nitrogen and oxygen atoms in total. The first kappa shape index (κ1) is 27.1. The Kier molecular flexibility index (Phi) is 8.49. The Morgan fingerprint density at radius 1 is 1.14 bits per heavy atom. The number of carbonyl (C=O) groups excluding carboxylic acids is 2. The van der Waals surface area contributed by atoms with Gasteiger partial charge in [0.25, 0.3) is 0 Å². The summed E-state index contributed by atoms with van der Waals surface area (Å²) in [5.74, 6) is -2.91. The number of fused-ring (bicyclic) bond motifs is 1. The predicted octanol–water partition coefficient (Wildman–Crippen LogP) is 4.09. The van der Waals surface area contributed by atoms with Gasteiger partial charge in [-0.1, -0.05) is 48.4 Å². The molecule has 4 atom stereocenters. The SMILES string of the molecule is CC/C(=C\c1ccc(O)cc1Cl)CC[C@@H](O)C1=C(CO)C[C@H]2C(=O)N(c3ccccc3)C(=O)[C@H]2[C@H]1CO. The molecule has 1 aliphatic heterocycles. The summed E-state index contributed by atoms with van der Waals surface area (Å²) in [5.41, 5.74) is 3.22. The fourth-order valence-electron chi connectivity index (χ4n) is 5.62. The molecule has 2 amide bonds. The Balaban J connectivity index is 1.57. The lowest BCUT2D eigenvalue weighted by molar-refractivity contribution is -0.123. The molecule has 1 aliphatic carbocycles. The zero-order valence-corrected chi connectivity index (χ0v) is 21.4. The number of hydrogen-bond donors (Lipinski definition) is 4. The van der Waals surface area contributed by atoms with E-state index in [9.17, 15) is 30.0 Å². The van der Waals surface area contributed by atoms with E-state index in [2.05, 4.69) is 0 Å². The minimum Gasteiger partial charge on any atom is -0.508 e. The van der Waals surface area contributed by atoms with Crippen molar-refractivity contribution in [1.29, 1.82) is 0 Å². The van der Waals surface area contributed by atoms with Crippen LogP contribution in [0.4, 0.5) is 5.69 Å². The van der Waals surface area contributed by atoms with Crippen molar-refractivity contribution in [3.8, 4) is 5.75 Å². The van der Waals surface area contributed by atoms with Crippen molar-refractivity contribution in [1.82, 2.24) is 0 Å². The number of benzene rings is 2. The molecular weight excluding hydrogens is 494 g/mol. The Morgan fingerprint density at radius 3 is 2.49 bits per heavy atom. The molecule has 2 aromatic carbocycles. The van der Waals surface area contributed by atoms with Crippen molar-refractivity contribution in [2.45, 2.75) is 38.7 Å².